The number of aliphatic hydroxyl groups excluding tert-OH is 1. The fourth-order valence-corrected chi connectivity index (χ4v) is 0.882. The van der Waals surface area contributed by atoms with Crippen molar-refractivity contribution in [1.29, 1.82) is 0 Å². The van der Waals surface area contributed by atoms with Crippen molar-refractivity contribution in [3.8, 4) is 0 Å². The topological polar surface area (TPSA) is 52.6 Å². The number of nitrogens with one attached hydrogen (secondary N) is 1. The molecule has 0 aliphatic heterocycles. The number of hydrogen-bond acceptors (Lipinski definition) is 3. The van der Waals surface area contributed by atoms with Gasteiger partial charge in [-0.15, -0.1) is 0 Å². The van der Waals surface area contributed by atoms with Crippen molar-refractivity contribution in [2.45, 2.75) is 12.8 Å². The molecule has 2 N–H and O–H groups in total. The van der Waals surface area contributed by atoms with Crippen LogP contribution in [0.25, 0.3) is 0 Å². The largest absolute Gasteiger partial charge is 0.395 e. The molecule has 0 aromatic heterocycles. The first-order chi connectivity index (χ1) is 5.72. The normalized spacial score (nSPS) is 9.92. The van der Waals surface area contributed by atoms with Crippen molar-refractivity contribution >= 4 is 5.91 Å². The van der Waals surface area contributed by atoms with E-state index in [9.17, 15) is 4.79 Å². The fraction of sp³-hybridized carbons (Fsp3) is 0.875. The zero-order chi connectivity index (χ0) is 9.40. The maximum atomic E-state index is 11.2. The molecular weight excluding hydrogens is 156 g/mol. The Morgan fingerprint density at radius 2 is 2.25 bits per heavy atom. The van der Waals surface area contributed by atoms with E-state index in [1.165, 1.54) is 0 Å². The molecule has 0 aliphatic rings. The average molecular weight is 174 g/mol. The standard InChI is InChI=1S/C8H18N2O2/c1-9-5-3-4-8(12)10(2)6-7-11/h9,11H,3-7H2,1-2H3. The summed E-state index contributed by atoms with van der Waals surface area (Å²) in [5, 5.41) is 11.5. The van der Waals surface area contributed by atoms with Crippen molar-refractivity contribution < 1.29 is 9.90 Å². The molecule has 12 heavy (non-hydrogen) atoms. The van der Waals surface area contributed by atoms with Crippen molar-refractivity contribution in [3.05, 3.63) is 0 Å². The summed E-state index contributed by atoms with van der Waals surface area (Å²) in [6.07, 6.45) is 1.41. The average Bonchev–Trinajstić information content (AvgIpc) is 2.05. The van der Waals surface area contributed by atoms with Crippen LogP contribution in [0.5, 0.6) is 0 Å². The van der Waals surface area contributed by atoms with Gasteiger partial charge < -0.3 is 15.3 Å². The van der Waals surface area contributed by atoms with Gasteiger partial charge in [0.15, 0.2) is 0 Å². The highest BCUT2D eigenvalue weighted by atomic mass is 16.3. The Bertz CT molecular complexity index is 128. The van der Waals surface area contributed by atoms with E-state index in [0.717, 1.165) is 13.0 Å². The molecule has 0 heterocycles. The summed E-state index contributed by atoms with van der Waals surface area (Å²) < 4.78 is 0. The van der Waals surface area contributed by atoms with Gasteiger partial charge >= 0.3 is 0 Å². The van der Waals surface area contributed by atoms with E-state index in [0.29, 0.717) is 13.0 Å². The van der Waals surface area contributed by atoms with Gasteiger partial charge in [0.05, 0.1) is 6.61 Å². The minimum absolute atomic E-state index is 0.0360. The van der Waals surface area contributed by atoms with Crippen molar-refractivity contribution in [3.63, 3.8) is 0 Å². The van der Waals surface area contributed by atoms with Crippen LogP contribution in [0.4, 0.5) is 0 Å². The Morgan fingerprint density at radius 3 is 2.75 bits per heavy atom. The zero-order valence-electron chi connectivity index (χ0n) is 7.84. The van der Waals surface area contributed by atoms with Gasteiger partial charge in [0.2, 0.25) is 5.91 Å². The number of hydrogen-bond donors (Lipinski definition) is 2. The molecule has 0 fully saturated rings. The predicted molar refractivity (Wildman–Crippen MR) is 47.9 cm³/mol. The molecule has 0 rings (SSSR count). The summed E-state index contributed by atoms with van der Waals surface area (Å²) in [4.78, 5) is 12.7. The van der Waals surface area contributed by atoms with Crippen LogP contribution in [0.15, 0.2) is 0 Å². The van der Waals surface area contributed by atoms with Crippen LogP contribution in [-0.4, -0.2) is 49.7 Å². The van der Waals surface area contributed by atoms with E-state index in [-0.39, 0.29) is 12.5 Å². The smallest absolute Gasteiger partial charge is 0.222 e. The predicted octanol–water partition coefficient (Wildman–Crippen LogP) is -0.563. The number of nitrogens with zero attached hydrogens (tertiary/aromatic N) is 1. The van der Waals surface area contributed by atoms with Gasteiger partial charge in [-0.25, -0.2) is 0 Å². The Balaban J connectivity index is 3.43. The molecule has 0 bridgehead atoms. The summed E-state index contributed by atoms with van der Waals surface area (Å²) in [5.41, 5.74) is 0. The molecule has 1 amide bonds. The van der Waals surface area contributed by atoms with Crippen molar-refractivity contribution in [2.75, 3.05) is 33.8 Å². The molecule has 0 aliphatic carbocycles. The highest BCUT2D eigenvalue weighted by Crippen LogP contribution is 1.93. The lowest BCUT2D eigenvalue weighted by Crippen LogP contribution is -2.29. The third-order valence-electron chi connectivity index (χ3n) is 1.68. The van der Waals surface area contributed by atoms with Crippen LogP contribution in [-0.2, 0) is 4.79 Å². The maximum Gasteiger partial charge on any atom is 0.222 e. The molecule has 0 saturated carbocycles. The Hall–Kier alpha value is -0.610. The van der Waals surface area contributed by atoms with E-state index in [1.54, 1.807) is 11.9 Å². The third-order valence-corrected chi connectivity index (χ3v) is 1.68. The lowest BCUT2D eigenvalue weighted by atomic mass is 10.3. The number of carbonyl (C=O) groups is 1. The van der Waals surface area contributed by atoms with Gasteiger partial charge in [0.1, 0.15) is 0 Å². The Labute approximate surface area is 73.6 Å². The van der Waals surface area contributed by atoms with E-state index in [2.05, 4.69) is 5.32 Å². The van der Waals surface area contributed by atoms with E-state index >= 15 is 0 Å². The van der Waals surface area contributed by atoms with Crippen LogP contribution >= 0.6 is 0 Å². The number of rotatable bonds is 6. The van der Waals surface area contributed by atoms with Gasteiger partial charge in [-0.05, 0) is 20.0 Å². The second-order valence-corrected chi connectivity index (χ2v) is 2.75. The third kappa shape index (κ3) is 5.09. The minimum atomic E-state index is 0.0360. The van der Waals surface area contributed by atoms with Gasteiger partial charge in [0, 0.05) is 20.0 Å². The molecule has 4 heteroatoms. The summed E-state index contributed by atoms with van der Waals surface area (Å²) >= 11 is 0. The molecule has 0 spiro atoms. The molecular formula is C8H18N2O2. The number of amides is 1. The lowest BCUT2D eigenvalue weighted by molar-refractivity contribution is -0.130. The van der Waals surface area contributed by atoms with E-state index < -0.39 is 0 Å². The number of likely N-dealkylation sites (N-methyl/N-ethyl adjacent to an activating group) is 1. The molecule has 0 aromatic rings. The molecule has 0 aromatic carbocycles. The highest BCUT2D eigenvalue weighted by Gasteiger charge is 2.05. The highest BCUT2D eigenvalue weighted by molar-refractivity contribution is 5.75. The monoisotopic (exact) mass is 174 g/mol. The molecule has 0 saturated heterocycles. The molecule has 4 nitrogen and oxygen atoms in total. The van der Waals surface area contributed by atoms with Crippen LogP contribution in [0.1, 0.15) is 12.8 Å². The molecule has 72 valence electrons. The first kappa shape index (κ1) is 11.4. The maximum absolute atomic E-state index is 11.2. The second-order valence-electron chi connectivity index (χ2n) is 2.75. The summed E-state index contributed by atoms with van der Waals surface area (Å²) in [6, 6.07) is 0. The molecule has 0 radical (unpaired) electrons. The van der Waals surface area contributed by atoms with E-state index in [4.69, 9.17) is 5.11 Å². The first-order valence-corrected chi connectivity index (χ1v) is 4.21. The number of carbonyl (C=O) groups excluding carboxylic acids is 1. The van der Waals surface area contributed by atoms with Gasteiger partial charge in [-0.3, -0.25) is 4.79 Å². The van der Waals surface area contributed by atoms with Crippen LogP contribution in [0.2, 0.25) is 0 Å². The fourth-order valence-electron chi connectivity index (χ4n) is 0.882. The van der Waals surface area contributed by atoms with Crippen LogP contribution in [0, 0.1) is 0 Å². The first-order valence-electron chi connectivity index (χ1n) is 4.21. The van der Waals surface area contributed by atoms with Crippen molar-refractivity contribution in [1.82, 2.24) is 10.2 Å². The van der Waals surface area contributed by atoms with Crippen molar-refractivity contribution in [2.24, 2.45) is 0 Å². The van der Waals surface area contributed by atoms with Crippen LogP contribution in [0.3, 0.4) is 0 Å². The molecule has 0 unspecified atom stereocenters. The summed E-state index contributed by atoms with van der Waals surface area (Å²) in [6.45, 7) is 1.32. The van der Waals surface area contributed by atoms with Gasteiger partial charge in [0.25, 0.3) is 0 Å². The quantitative estimate of drug-likeness (QED) is 0.531. The van der Waals surface area contributed by atoms with Gasteiger partial charge in [-0.2, -0.15) is 0 Å². The summed E-state index contributed by atoms with van der Waals surface area (Å²) in [7, 11) is 3.57. The Morgan fingerprint density at radius 1 is 1.58 bits per heavy atom. The molecule has 0 atom stereocenters. The van der Waals surface area contributed by atoms with Gasteiger partial charge in [-0.1, -0.05) is 0 Å². The SMILES string of the molecule is CNCCCC(=O)N(C)CCO. The van der Waals surface area contributed by atoms with Crippen LogP contribution < -0.4 is 5.32 Å². The lowest BCUT2D eigenvalue weighted by Gasteiger charge is -2.15. The minimum Gasteiger partial charge on any atom is -0.395 e. The van der Waals surface area contributed by atoms with E-state index in [1.807, 2.05) is 7.05 Å². The number of aliphatic hydroxyl groups is 1. The Kier molecular flexibility index (Phi) is 6.70. The summed E-state index contributed by atoms with van der Waals surface area (Å²) in [5.74, 6) is 0.0966. The second kappa shape index (κ2) is 7.06. The zero-order valence-corrected chi connectivity index (χ0v) is 7.84.